The third-order valence-corrected chi connectivity index (χ3v) is 13.0. The number of rotatable bonds is 21. The monoisotopic (exact) mass is 658 g/mol. The van der Waals surface area contributed by atoms with Crippen LogP contribution in [0.4, 0.5) is 0 Å². The maximum absolute atomic E-state index is 13.5. The SMILES string of the molecule is COc1ccc(CO[C@H](C[C@@H](CCCO)OC(=O)C(C)(C)C=CCO[Si](C)(C)C(C)(C)C)[C@@H](C)OCOCc2ccccc2)cc1. The molecule has 2 aromatic carbocycles. The van der Waals surface area contributed by atoms with E-state index in [4.69, 9.17) is 28.1 Å². The summed E-state index contributed by atoms with van der Waals surface area (Å²) >= 11 is 0. The third-order valence-electron chi connectivity index (χ3n) is 8.53. The molecule has 258 valence electrons. The first-order chi connectivity index (χ1) is 21.7. The van der Waals surface area contributed by atoms with Gasteiger partial charge in [0, 0.05) is 13.0 Å². The predicted octanol–water partition coefficient (Wildman–Crippen LogP) is 7.84. The number of benzene rings is 2. The lowest BCUT2D eigenvalue weighted by atomic mass is 9.93. The molecule has 0 radical (unpaired) electrons. The molecule has 0 saturated heterocycles. The van der Waals surface area contributed by atoms with Crippen LogP contribution in [0.15, 0.2) is 66.7 Å². The molecule has 0 aliphatic heterocycles. The van der Waals surface area contributed by atoms with E-state index in [1.165, 1.54) is 0 Å². The molecule has 0 aliphatic carbocycles. The zero-order chi connectivity index (χ0) is 34.2. The molecule has 0 aromatic heterocycles. The first-order valence-corrected chi connectivity index (χ1v) is 19.2. The van der Waals surface area contributed by atoms with Gasteiger partial charge in [-0.25, -0.2) is 0 Å². The summed E-state index contributed by atoms with van der Waals surface area (Å²) in [6.07, 6.45) is 3.92. The Bertz CT molecular complexity index is 1160. The van der Waals surface area contributed by atoms with Crippen molar-refractivity contribution in [3.63, 3.8) is 0 Å². The van der Waals surface area contributed by atoms with E-state index >= 15 is 0 Å². The summed E-state index contributed by atoms with van der Waals surface area (Å²) in [5.74, 6) is 0.430. The van der Waals surface area contributed by atoms with Crippen LogP contribution in [0.1, 0.15) is 71.9 Å². The van der Waals surface area contributed by atoms with Crippen LogP contribution in [0.2, 0.25) is 18.1 Å². The summed E-state index contributed by atoms with van der Waals surface area (Å²) in [7, 11) is -0.265. The molecule has 0 heterocycles. The quantitative estimate of drug-likeness (QED) is 0.0477. The Hall–Kier alpha value is -2.53. The smallest absolute Gasteiger partial charge is 0.315 e. The molecule has 0 fully saturated rings. The van der Waals surface area contributed by atoms with Crippen molar-refractivity contribution < 1.29 is 38.0 Å². The van der Waals surface area contributed by atoms with Crippen LogP contribution in [0.5, 0.6) is 5.75 Å². The Morgan fingerprint density at radius 3 is 2.20 bits per heavy atom. The summed E-state index contributed by atoms with van der Waals surface area (Å²) < 4.78 is 35.9. The van der Waals surface area contributed by atoms with Crippen LogP contribution in [0.3, 0.4) is 0 Å². The Morgan fingerprint density at radius 2 is 1.59 bits per heavy atom. The van der Waals surface area contributed by atoms with Gasteiger partial charge in [0.25, 0.3) is 0 Å². The highest BCUT2D eigenvalue weighted by Crippen LogP contribution is 2.36. The van der Waals surface area contributed by atoms with Gasteiger partial charge in [-0.3, -0.25) is 4.79 Å². The lowest BCUT2D eigenvalue weighted by Gasteiger charge is -2.35. The first kappa shape index (κ1) is 39.6. The number of methoxy groups -OCH3 is 1. The van der Waals surface area contributed by atoms with Gasteiger partial charge in [0.15, 0.2) is 8.32 Å². The van der Waals surface area contributed by atoms with Gasteiger partial charge in [-0.15, -0.1) is 0 Å². The molecule has 0 spiro atoms. The van der Waals surface area contributed by atoms with Crippen LogP contribution < -0.4 is 4.74 Å². The molecule has 46 heavy (non-hydrogen) atoms. The lowest BCUT2D eigenvalue weighted by molar-refractivity contribution is -0.166. The van der Waals surface area contributed by atoms with E-state index in [0.717, 1.165) is 16.9 Å². The van der Waals surface area contributed by atoms with Crippen LogP contribution in [-0.4, -0.2) is 64.8 Å². The van der Waals surface area contributed by atoms with Gasteiger partial charge >= 0.3 is 5.97 Å². The van der Waals surface area contributed by atoms with E-state index in [-0.39, 0.29) is 30.5 Å². The Labute approximate surface area is 278 Å². The lowest BCUT2D eigenvalue weighted by Crippen LogP contribution is -2.40. The van der Waals surface area contributed by atoms with Crippen LogP contribution >= 0.6 is 0 Å². The maximum Gasteiger partial charge on any atom is 0.315 e. The second-order valence-corrected chi connectivity index (χ2v) is 18.7. The molecule has 1 N–H and O–H groups in total. The van der Waals surface area contributed by atoms with Gasteiger partial charge in [-0.05, 0) is 75.0 Å². The first-order valence-electron chi connectivity index (χ1n) is 16.3. The second-order valence-electron chi connectivity index (χ2n) is 13.8. The molecule has 0 saturated carbocycles. The van der Waals surface area contributed by atoms with Crippen molar-refractivity contribution >= 4 is 14.3 Å². The summed E-state index contributed by atoms with van der Waals surface area (Å²) in [6.45, 7) is 18.0. The summed E-state index contributed by atoms with van der Waals surface area (Å²) in [6, 6.07) is 17.6. The third kappa shape index (κ3) is 14.1. The van der Waals surface area contributed by atoms with E-state index in [1.807, 2.05) is 87.5 Å². The maximum atomic E-state index is 13.5. The van der Waals surface area contributed by atoms with Crippen molar-refractivity contribution in [3.05, 3.63) is 77.9 Å². The number of hydrogen-bond acceptors (Lipinski definition) is 8. The van der Waals surface area contributed by atoms with Gasteiger partial charge in [0.1, 0.15) is 18.6 Å². The van der Waals surface area contributed by atoms with Crippen molar-refractivity contribution in [1.29, 1.82) is 0 Å². The number of hydrogen-bond donors (Lipinski definition) is 1. The van der Waals surface area contributed by atoms with Crippen LogP contribution in [0, 0.1) is 5.41 Å². The Kier molecular flexibility index (Phi) is 16.7. The van der Waals surface area contributed by atoms with E-state index in [1.54, 1.807) is 7.11 Å². The van der Waals surface area contributed by atoms with Crippen LogP contribution in [0.25, 0.3) is 0 Å². The van der Waals surface area contributed by atoms with Crippen molar-refractivity contribution in [2.45, 2.75) is 110 Å². The molecule has 3 atom stereocenters. The highest BCUT2D eigenvalue weighted by Gasteiger charge is 2.37. The highest BCUT2D eigenvalue weighted by atomic mass is 28.4. The minimum Gasteiger partial charge on any atom is -0.497 e. The minimum atomic E-state index is -1.90. The fraction of sp³-hybridized carbons (Fsp3) is 0.595. The normalized spacial score (nSPS) is 14.7. The molecule has 9 heteroatoms. The second kappa shape index (κ2) is 19.3. The number of esters is 1. The Balaban J connectivity index is 2.09. The molecule has 0 bridgehead atoms. The number of aliphatic hydroxyl groups is 1. The summed E-state index contributed by atoms with van der Waals surface area (Å²) in [5, 5.41) is 9.71. The number of ether oxygens (including phenoxy) is 5. The summed E-state index contributed by atoms with van der Waals surface area (Å²) in [5.41, 5.74) is 1.18. The van der Waals surface area contributed by atoms with Crippen LogP contribution in [-0.2, 0) is 41.4 Å². The van der Waals surface area contributed by atoms with E-state index in [2.05, 4.69) is 33.9 Å². The molecule has 0 aliphatic rings. The fourth-order valence-electron chi connectivity index (χ4n) is 4.31. The highest BCUT2D eigenvalue weighted by molar-refractivity contribution is 6.74. The van der Waals surface area contributed by atoms with Gasteiger partial charge in [0.05, 0.1) is 44.6 Å². The molecule has 0 unspecified atom stereocenters. The van der Waals surface area contributed by atoms with E-state index < -0.39 is 25.9 Å². The van der Waals surface area contributed by atoms with E-state index in [0.29, 0.717) is 39.1 Å². The molecule has 2 aromatic rings. The standard InChI is InChI=1S/C37H58O8Si/c1-29(43-28-41-26-30-15-11-10-12-16-30)34(42-27-31-18-20-32(40-7)21-19-31)25-33(17-13-23-38)45-35(39)37(5,6)22-14-24-44-46(8,9)36(2,3)4/h10-12,14-16,18-22,29,33-34,38H,13,17,23-28H2,1-9H3/t29-,33-,34-/m1/s1. The largest absolute Gasteiger partial charge is 0.497 e. The predicted molar refractivity (Wildman–Crippen MR) is 185 cm³/mol. The van der Waals surface area contributed by atoms with Crippen molar-refractivity contribution in [2.24, 2.45) is 5.41 Å². The minimum absolute atomic E-state index is 0.00110. The van der Waals surface area contributed by atoms with Gasteiger partial charge in [0.2, 0.25) is 0 Å². The number of carbonyl (C=O) groups is 1. The van der Waals surface area contributed by atoms with E-state index in [9.17, 15) is 9.90 Å². The van der Waals surface area contributed by atoms with Crippen molar-refractivity contribution in [1.82, 2.24) is 0 Å². The fourth-order valence-corrected chi connectivity index (χ4v) is 5.25. The van der Waals surface area contributed by atoms with Crippen molar-refractivity contribution in [2.75, 3.05) is 27.1 Å². The van der Waals surface area contributed by atoms with Crippen molar-refractivity contribution in [3.8, 4) is 5.75 Å². The van der Waals surface area contributed by atoms with Gasteiger partial charge < -0.3 is 33.2 Å². The van der Waals surface area contributed by atoms with Gasteiger partial charge in [-0.2, -0.15) is 0 Å². The number of carbonyl (C=O) groups excluding carboxylic acids is 1. The zero-order valence-electron chi connectivity index (χ0n) is 29.5. The molecule has 0 amide bonds. The topological polar surface area (TPSA) is 92.7 Å². The molecule has 2 rings (SSSR count). The van der Waals surface area contributed by atoms with Gasteiger partial charge in [-0.1, -0.05) is 75.4 Å². The molecular weight excluding hydrogens is 600 g/mol. The molecular formula is C37H58O8Si. The average molecular weight is 659 g/mol. The Morgan fingerprint density at radius 1 is 0.935 bits per heavy atom. The number of aliphatic hydroxyl groups excluding tert-OH is 1. The average Bonchev–Trinajstić information content (AvgIpc) is 3.02. The zero-order valence-corrected chi connectivity index (χ0v) is 30.5. The summed E-state index contributed by atoms with van der Waals surface area (Å²) in [4.78, 5) is 13.5. The molecule has 8 nitrogen and oxygen atoms in total.